The number of aliphatic hydroxyl groups excluding tert-OH is 3. The summed E-state index contributed by atoms with van der Waals surface area (Å²) >= 11 is 0. The van der Waals surface area contributed by atoms with E-state index in [-0.39, 0.29) is 35.0 Å². The van der Waals surface area contributed by atoms with E-state index >= 15 is 0 Å². The Balaban J connectivity index is -0.0000000873. The molecule has 0 radical (unpaired) electrons. The van der Waals surface area contributed by atoms with Crippen LogP contribution < -0.4 is 29.6 Å². The van der Waals surface area contributed by atoms with E-state index in [0.717, 1.165) is 0 Å². The average molecular weight is 570 g/mol. The van der Waals surface area contributed by atoms with Crippen LogP contribution in [0, 0.1) is 0 Å². The van der Waals surface area contributed by atoms with Crippen LogP contribution in [0.1, 0.15) is 19.8 Å². The van der Waals surface area contributed by atoms with Crippen LogP contribution in [0.25, 0.3) is 0 Å². The molecule has 3 atom stereocenters. The van der Waals surface area contributed by atoms with Gasteiger partial charge in [-0.25, -0.2) is 23.7 Å². The maximum absolute atomic E-state index is 10.3. The van der Waals surface area contributed by atoms with Gasteiger partial charge in [0.2, 0.25) is 0 Å². The van der Waals surface area contributed by atoms with Gasteiger partial charge in [-0.2, -0.15) is 0 Å². The van der Waals surface area contributed by atoms with Gasteiger partial charge in [-0.05, 0) is 6.92 Å². The fourth-order valence-electron chi connectivity index (χ4n) is 0.984. The van der Waals surface area contributed by atoms with Gasteiger partial charge >= 0.3 is 73.2 Å². The number of hydrogen-bond acceptors (Lipinski definition) is 12. The minimum atomic E-state index is -4.64. The number of hydrogen-bond donors (Lipinski definition) is 13. The Hall–Kier alpha value is -2.27. The summed E-state index contributed by atoms with van der Waals surface area (Å²) in [6.45, 7) is 1.20. The van der Waals surface area contributed by atoms with Crippen LogP contribution in [-0.2, 0) is 33.3 Å². The van der Waals surface area contributed by atoms with Gasteiger partial charge in [0.05, 0.1) is 12.8 Å². The Kier molecular flexibility index (Phi) is 28.7. The van der Waals surface area contributed by atoms with Crippen molar-refractivity contribution in [3.63, 3.8) is 0 Å². The fraction of sp³-hybridized carbons (Fsp3) is 0.538. The molecule has 14 N–H and O–H groups in total. The maximum atomic E-state index is 10.3. The molecule has 36 heavy (non-hydrogen) atoms. The van der Waals surface area contributed by atoms with E-state index in [4.69, 9.17) is 70.3 Å². The van der Waals surface area contributed by atoms with Gasteiger partial charge in [0.25, 0.3) is 0 Å². The van der Waals surface area contributed by atoms with E-state index < -0.39 is 80.4 Å². The molecule has 0 spiro atoms. The zero-order valence-corrected chi connectivity index (χ0v) is 21.1. The standard InChI is InChI=1S/C6H8O7.C4H6O6.C3H6O3.Na.H3O4P.H2O/c7-3(8)1-6(13,5(11)12)2-4(9)10;5-1(3(7)8)2(6)4(9)10;1-2(4)3(5)6;;1-5(2,3)4;/h13H,1-2H2,(H,7,8)(H,9,10)(H,11,12);1-2,5-6H,(H,7,8)(H,9,10);2,4H,1H3,(H,5,6);;(H3,1,2,3,4);1H2/q;;;+1;;/p-1. The van der Waals surface area contributed by atoms with E-state index in [1.807, 2.05) is 0 Å². The van der Waals surface area contributed by atoms with Crippen molar-refractivity contribution in [2.75, 3.05) is 0 Å². The summed E-state index contributed by atoms with van der Waals surface area (Å²) in [5.74, 6) is -9.74. The minimum Gasteiger partial charge on any atom is -0.870 e. The molecular formula is C13H24NaO21P. The Labute approximate surface area is 221 Å². The molecule has 23 heteroatoms. The molecule has 0 heterocycles. The van der Waals surface area contributed by atoms with Crippen LogP contribution in [0.4, 0.5) is 0 Å². The number of carboxylic acids is 6. The quantitative estimate of drug-likeness (QED) is 0.0903. The van der Waals surface area contributed by atoms with Gasteiger partial charge in [-0.15, -0.1) is 0 Å². The van der Waals surface area contributed by atoms with E-state index in [9.17, 15) is 28.8 Å². The molecule has 0 bridgehead atoms. The van der Waals surface area contributed by atoms with Crippen molar-refractivity contribution in [3.8, 4) is 0 Å². The zero-order valence-electron chi connectivity index (χ0n) is 18.2. The third-order valence-electron chi connectivity index (χ3n) is 2.45. The van der Waals surface area contributed by atoms with Crippen LogP contribution in [0.5, 0.6) is 0 Å². The molecule has 0 aliphatic carbocycles. The molecule has 0 saturated heterocycles. The largest absolute Gasteiger partial charge is 1.00 e. The topological polar surface area (TPSA) is 412 Å². The number of aliphatic hydroxyl groups is 4. The number of rotatable bonds is 9. The van der Waals surface area contributed by atoms with Crippen LogP contribution >= 0.6 is 7.82 Å². The molecule has 0 aromatic carbocycles. The SMILES string of the molecule is CC(O)C(=O)O.O=C(O)C(O)C(O)C(=O)O.O=C(O)CC(O)(CC(=O)O)C(=O)O.O=P(O)(O)O.[Na+].[OH-]. The Morgan fingerprint density at radius 1 is 0.694 bits per heavy atom. The summed E-state index contributed by atoms with van der Waals surface area (Å²) in [4.78, 5) is 81.0. The zero-order chi connectivity index (χ0) is 28.6. The number of aliphatic carboxylic acids is 6. The summed E-state index contributed by atoms with van der Waals surface area (Å²) in [5, 5.41) is 82.1. The summed E-state index contributed by atoms with van der Waals surface area (Å²) < 4.78 is 8.88. The second kappa shape index (κ2) is 22.0. The van der Waals surface area contributed by atoms with Gasteiger partial charge in [-0.3, -0.25) is 9.59 Å². The molecule has 3 unspecified atom stereocenters. The van der Waals surface area contributed by atoms with E-state index in [1.165, 1.54) is 6.92 Å². The molecule has 21 nitrogen and oxygen atoms in total. The first kappa shape index (κ1) is 47.0. The summed E-state index contributed by atoms with van der Waals surface area (Å²) in [5.41, 5.74) is -2.74. The molecule has 0 fully saturated rings. The fourth-order valence-corrected chi connectivity index (χ4v) is 0.984. The molecule has 0 aromatic rings. The first-order chi connectivity index (χ1) is 14.9. The van der Waals surface area contributed by atoms with Gasteiger partial charge in [0.1, 0.15) is 6.10 Å². The smallest absolute Gasteiger partial charge is 0.870 e. The van der Waals surface area contributed by atoms with Crippen LogP contribution in [0.3, 0.4) is 0 Å². The van der Waals surface area contributed by atoms with Gasteiger partial charge in [0.15, 0.2) is 17.8 Å². The second-order valence-corrected chi connectivity index (χ2v) is 6.60. The monoisotopic (exact) mass is 570 g/mol. The third-order valence-corrected chi connectivity index (χ3v) is 2.45. The van der Waals surface area contributed by atoms with E-state index in [0.29, 0.717) is 0 Å². The van der Waals surface area contributed by atoms with Crippen LogP contribution in [-0.4, -0.2) is 131 Å². The molecule has 0 aliphatic rings. The average Bonchev–Trinajstić information content (AvgIpc) is 2.58. The first-order valence-electron chi connectivity index (χ1n) is 7.79. The molecular weight excluding hydrogens is 546 g/mol. The van der Waals surface area contributed by atoms with Gasteiger partial charge in [-0.1, -0.05) is 0 Å². The van der Waals surface area contributed by atoms with Crippen LogP contribution in [0.15, 0.2) is 0 Å². The van der Waals surface area contributed by atoms with Crippen molar-refractivity contribution in [2.45, 2.75) is 43.7 Å². The van der Waals surface area contributed by atoms with Crippen molar-refractivity contribution < 1.29 is 134 Å². The molecule has 208 valence electrons. The maximum Gasteiger partial charge on any atom is 1.00 e. The number of carbonyl (C=O) groups is 6. The van der Waals surface area contributed by atoms with Gasteiger partial charge in [0, 0.05) is 0 Å². The molecule has 0 aromatic heterocycles. The first-order valence-corrected chi connectivity index (χ1v) is 9.35. The van der Waals surface area contributed by atoms with Crippen molar-refractivity contribution in [1.29, 1.82) is 0 Å². The molecule has 0 saturated carbocycles. The van der Waals surface area contributed by atoms with E-state index in [2.05, 4.69) is 0 Å². The third kappa shape index (κ3) is 33.9. The normalized spacial score (nSPS) is 12.2. The van der Waals surface area contributed by atoms with Crippen molar-refractivity contribution in [2.24, 2.45) is 0 Å². The Morgan fingerprint density at radius 2 is 0.889 bits per heavy atom. The van der Waals surface area contributed by atoms with E-state index in [1.54, 1.807) is 0 Å². The second-order valence-electron chi connectivity index (χ2n) is 5.57. The predicted molar refractivity (Wildman–Crippen MR) is 99.9 cm³/mol. The summed E-state index contributed by atoms with van der Waals surface area (Å²) in [6, 6.07) is 0. The summed E-state index contributed by atoms with van der Waals surface area (Å²) in [6.07, 6.45) is -8.05. The Morgan fingerprint density at radius 3 is 0.972 bits per heavy atom. The van der Waals surface area contributed by atoms with Gasteiger partial charge < -0.3 is 71.2 Å². The van der Waals surface area contributed by atoms with Crippen molar-refractivity contribution in [1.82, 2.24) is 0 Å². The number of carboxylic acid groups (broad SMARTS) is 6. The molecule has 0 amide bonds. The molecule has 0 rings (SSSR count). The van der Waals surface area contributed by atoms with Crippen molar-refractivity contribution >= 4 is 43.6 Å². The summed E-state index contributed by atoms with van der Waals surface area (Å²) in [7, 11) is -4.64. The van der Waals surface area contributed by atoms with Crippen molar-refractivity contribution in [3.05, 3.63) is 0 Å². The molecule has 0 aliphatic heterocycles. The van der Waals surface area contributed by atoms with Crippen LogP contribution in [0.2, 0.25) is 0 Å². The predicted octanol–water partition coefficient (Wildman–Crippen LogP) is -8.02. The minimum absolute atomic E-state index is 0. The Bertz CT molecular complexity index is 717. The number of phosphoric acid groups is 1.